The van der Waals surface area contributed by atoms with E-state index in [1.54, 1.807) is 17.8 Å². The van der Waals surface area contributed by atoms with Crippen LogP contribution in [0.3, 0.4) is 0 Å². The first-order valence-corrected chi connectivity index (χ1v) is 8.87. The van der Waals surface area contributed by atoms with Crippen molar-refractivity contribution in [1.82, 2.24) is 9.78 Å². The van der Waals surface area contributed by atoms with Crippen molar-refractivity contribution in [2.75, 3.05) is 0 Å². The zero-order valence-electron chi connectivity index (χ0n) is 13.7. The Morgan fingerprint density at radius 3 is 2.76 bits per heavy atom. The highest BCUT2D eigenvalue weighted by Gasteiger charge is 2.21. The Hall–Kier alpha value is -2.55. The first-order chi connectivity index (χ1) is 12.0. The van der Waals surface area contributed by atoms with Crippen LogP contribution in [-0.2, 0) is 7.05 Å². The Kier molecular flexibility index (Phi) is 4.93. The maximum Gasteiger partial charge on any atom is 0.342 e. The van der Waals surface area contributed by atoms with E-state index in [1.807, 2.05) is 0 Å². The van der Waals surface area contributed by atoms with Gasteiger partial charge in [-0.2, -0.15) is 5.10 Å². The van der Waals surface area contributed by atoms with Crippen molar-refractivity contribution in [3.05, 3.63) is 38.7 Å². The number of rotatable bonds is 4. The van der Waals surface area contributed by atoms with Crippen molar-refractivity contribution < 1.29 is 14.8 Å². The third-order valence-electron chi connectivity index (χ3n) is 4.25. The van der Waals surface area contributed by atoms with E-state index in [0.29, 0.717) is 16.6 Å². The van der Waals surface area contributed by atoms with Crippen molar-refractivity contribution in [1.29, 1.82) is 0 Å². The largest absolute Gasteiger partial charge is 0.477 e. The second-order valence-electron chi connectivity index (χ2n) is 6.03. The smallest absolute Gasteiger partial charge is 0.342 e. The van der Waals surface area contributed by atoms with E-state index in [1.165, 1.54) is 42.7 Å². The van der Waals surface area contributed by atoms with Crippen molar-refractivity contribution in [3.63, 3.8) is 0 Å². The van der Waals surface area contributed by atoms with Crippen molar-refractivity contribution in [2.45, 2.75) is 38.1 Å². The van der Waals surface area contributed by atoms with Gasteiger partial charge in [-0.1, -0.05) is 36.7 Å². The highest BCUT2D eigenvalue weighted by Crippen LogP contribution is 2.27. The molecule has 1 aromatic carbocycles. The van der Waals surface area contributed by atoms with E-state index in [0.717, 1.165) is 17.6 Å². The number of aromatic nitrogens is 2. The third-order valence-corrected chi connectivity index (χ3v) is 5.31. The fourth-order valence-corrected chi connectivity index (χ4v) is 3.90. The van der Waals surface area contributed by atoms with Gasteiger partial charge in [-0.25, -0.2) is 9.48 Å². The molecular weight excluding hydrogens is 344 g/mol. The van der Waals surface area contributed by atoms with E-state index in [4.69, 9.17) is 10.1 Å². The van der Waals surface area contributed by atoms with E-state index in [-0.39, 0.29) is 5.56 Å². The fourth-order valence-electron chi connectivity index (χ4n) is 2.94. The molecule has 2 aromatic rings. The van der Waals surface area contributed by atoms with Crippen LogP contribution < -0.4 is 4.80 Å². The number of aromatic carboxylic acids is 1. The third kappa shape index (κ3) is 3.76. The van der Waals surface area contributed by atoms with Gasteiger partial charge in [0.05, 0.1) is 11.0 Å². The predicted molar refractivity (Wildman–Crippen MR) is 92.6 cm³/mol. The molecule has 1 saturated carbocycles. The molecule has 25 heavy (non-hydrogen) atoms. The second-order valence-corrected chi connectivity index (χ2v) is 6.98. The van der Waals surface area contributed by atoms with E-state index in [2.05, 4.69) is 5.10 Å². The molecule has 1 aromatic heterocycles. The van der Waals surface area contributed by atoms with Crippen LogP contribution >= 0.6 is 11.3 Å². The van der Waals surface area contributed by atoms with Crippen LogP contribution in [0.4, 0.5) is 5.69 Å². The molecule has 132 valence electrons. The molecule has 1 fully saturated rings. The van der Waals surface area contributed by atoms with Gasteiger partial charge in [0.15, 0.2) is 0 Å². The summed E-state index contributed by atoms with van der Waals surface area (Å²) in [6.07, 6.45) is 5.78. The highest BCUT2D eigenvalue weighted by atomic mass is 32.1. The summed E-state index contributed by atoms with van der Waals surface area (Å²) >= 11 is 1.36. The topological polar surface area (TPSA) is 111 Å². The quantitative estimate of drug-likeness (QED) is 0.664. The van der Waals surface area contributed by atoms with Crippen molar-refractivity contribution in [3.8, 4) is 10.6 Å². The number of nitrogens with zero attached hydrogens (tertiary/aromatic N) is 4. The standard InChI is InChI=1S/C16H18N4O4S/c1-19-16(17-11-5-3-2-4-6-11)25-14(18-19)10-7-8-12(15(21)22)13(9-10)20(23)24/h7-9,11H,2-6H2,1H3,(H,21,22). The molecule has 3 rings (SSSR count). The van der Waals surface area contributed by atoms with Crippen LogP contribution in [0.1, 0.15) is 42.5 Å². The SMILES string of the molecule is Cn1nc(-c2ccc(C(=O)O)c([N+](=O)[O-])c2)sc1=NC1CCCCC1. The number of carboxylic acid groups (broad SMARTS) is 1. The molecule has 0 unspecified atom stereocenters. The summed E-state index contributed by atoms with van der Waals surface area (Å²) in [5.74, 6) is -1.32. The Bertz CT molecular complexity index is 881. The summed E-state index contributed by atoms with van der Waals surface area (Å²) in [5.41, 5.74) is -0.252. The molecule has 1 aliphatic rings. The number of benzene rings is 1. The molecule has 0 atom stereocenters. The molecule has 0 spiro atoms. The Morgan fingerprint density at radius 1 is 1.40 bits per heavy atom. The molecule has 1 aliphatic carbocycles. The molecule has 8 nitrogen and oxygen atoms in total. The zero-order valence-corrected chi connectivity index (χ0v) is 14.5. The summed E-state index contributed by atoms with van der Waals surface area (Å²) in [6.45, 7) is 0. The maximum absolute atomic E-state index is 11.1. The number of aryl methyl sites for hydroxylation is 1. The van der Waals surface area contributed by atoms with Crippen LogP contribution in [-0.4, -0.2) is 31.8 Å². The average molecular weight is 362 g/mol. The van der Waals surface area contributed by atoms with Crippen molar-refractivity contribution >= 4 is 23.0 Å². The lowest BCUT2D eigenvalue weighted by atomic mass is 9.96. The summed E-state index contributed by atoms with van der Waals surface area (Å²) in [5, 5.41) is 25.2. The van der Waals surface area contributed by atoms with Gasteiger partial charge < -0.3 is 5.11 Å². The number of carboxylic acids is 1. The van der Waals surface area contributed by atoms with Gasteiger partial charge in [-0.15, -0.1) is 0 Å². The molecule has 1 N–H and O–H groups in total. The molecular formula is C16H18N4O4S. The van der Waals surface area contributed by atoms with Gasteiger partial charge in [-0.05, 0) is 18.9 Å². The number of nitro benzene ring substituents is 1. The van der Waals surface area contributed by atoms with E-state index < -0.39 is 16.6 Å². The lowest BCUT2D eigenvalue weighted by Gasteiger charge is -2.16. The van der Waals surface area contributed by atoms with Gasteiger partial charge in [-0.3, -0.25) is 15.1 Å². The Balaban J connectivity index is 1.99. The van der Waals surface area contributed by atoms with Crippen LogP contribution in [0.2, 0.25) is 0 Å². The van der Waals surface area contributed by atoms with Crippen LogP contribution in [0.5, 0.6) is 0 Å². The number of carbonyl (C=O) groups is 1. The van der Waals surface area contributed by atoms with Gasteiger partial charge in [0.25, 0.3) is 5.69 Å². The predicted octanol–water partition coefficient (Wildman–Crippen LogP) is 2.99. The summed E-state index contributed by atoms with van der Waals surface area (Å²) in [6, 6.07) is 4.35. The van der Waals surface area contributed by atoms with Gasteiger partial charge in [0.1, 0.15) is 10.6 Å². The maximum atomic E-state index is 11.1. The minimum absolute atomic E-state index is 0.303. The molecule has 0 bridgehead atoms. The minimum atomic E-state index is -1.32. The minimum Gasteiger partial charge on any atom is -0.477 e. The van der Waals surface area contributed by atoms with E-state index in [9.17, 15) is 14.9 Å². The first-order valence-electron chi connectivity index (χ1n) is 8.06. The lowest BCUT2D eigenvalue weighted by molar-refractivity contribution is -0.385. The van der Waals surface area contributed by atoms with Crippen LogP contribution in [0, 0.1) is 10.1 Å². The fraction of sp³-hybridized carbons (Fsp3) is 0.438. The van der Waals surface area contributed by atoms with Gasteiger partial charge >= 0.3 is 5.97 Å². The monoisotopic (exact) mass is 362 g/mol. The molecule has 0 aliphatic heterocycles. The molecule has 9 heteroatoms. The lowest BCUT2D eigenvalue weighted by Crippen LogP contribution is -2.18. The number of hydrogen-bond acceptors (Lipinski definition) is 6. The average Bonchev–Trinajstić information content (AvgIpc) is 2.96. The Labute approximate surface area is 147 Å². The molecule has 0 radical (unpaired) electrons. The highest BCUT2D eigenvalue weighted by molar-refractivity contribution is 7.12. The van der Waals surface area contributed by atoms with Crippen molar-refractivity contribution in [2.24, 2.45) is 12.0 Å². The summed E-state index contributed by atoms with van der Waals surface area (Å²) in [4.78, 5) is 27.1. The van der Waals surface area contributed by atoms with Crippen LogP contribution in [0.15, 0.2) is 23.2 Å². The summed E-state index contributed by atoms with van der Waals surface area (Å²) in [7, 11) is 1.79. The summed E-state index contributed by atoms with van der Waals surface area (Å²) < 4.78 is 1.67. The second kappa shape index (κ2) is 7.14. The molecule has 1 heterocycles. The zero-order chi connectivity index (χ0) is 18.0. The number of hydrogen-bond donors (Lipinski definition) is 1. The molecule has 0 saturated heterocycles. The van der Waals surface area contributed by atoms with Gasteiger partial charge in [0, 0.05) is 18.7 Å². The van der Waals surface area contributed by atoms with Crippen LogP contribution in [0.25, 0.3) is 10.6 Å². The number of nitro groups is 1. The normalized spacial score (nSPS) is 16.1. The van der Waals surface area contributed by atoms with E-state index >= 15 is 0 Å². The molecule has 0 amide bonds. The first kappa shape index (κ1) is 17.3. The van der Waals surface area contributed by atoms with Gasteiger partial charge in [0.2, 0.25) is 4.80 Å². The Morgan fingerprint density at radius 2 is 2.12 bits per heavy atom.